The van der Waals surface area contributed by atoms with Crippen LogP contribution in [0.3, 0.4) is 0 Å². The van der Waals surface area contributed by atoms with E-state index in [0.29, 0.717) is 5.75 Å². The molecule has 1 N–H and O–H groups in total. The minimum atomic E-state index is 0.292. The van der Waals surface area contributed by atoms with E-state index in [9.17, 15) is 5.11 Å². The zero-order chi connectivity index (χ0) is 11.1. The molecule has 78 valence electrons. The third-order valence-electron chi connectivity index (χ3n) is 2.74. The van der Waals surface area contributed by atoms with Crippen molar-refractivity contribution >= 4 is 33.1 Å². The van der Waals surface area contributed by atoms with Crippen LogP contribution >= 0.6 is 11.6 Å². The molecule has 0 saturated carbocycles. The summed E-state index contributed by atoms with van der Waals surface area (Å²) in [5, 5.41) is 14.6. The van der Waals surface area contributed by atoms with E-state index in [-0.39, 0.29) is 0 Å². The summed E-state index contributed by atoms with van der Waals surface area (Å²) in [6.45, 7) is 0. The lowest BCUT2D eigenvalue weighted by atomic mass is 10.0. The number of rotatable bonds is 0. The minimum Gasteiger partial charge on any atom is -0.508 e. The molecular formula is C14H9ClO. The van der Waals surface area contributed by atoms with Gasteiger partial charge in [-0.25, -0.2) is 0 Å². The topological polar surface area (TPSA) is 20.2 Å². The molecule has 3 aromatic rings. The fourth-order valence-corrected chi connectivity index (χ4v) is 2.14. The van der Waals surface area contributed by atoms with E-state index in [0.717, 1.165) is 26.6 Å². The van der Waals surface area contributed by atoms with Gasteiger partial charge in [0.1, 0.15) is 5.75 Å². The smallest absolute Gasteiger partial charge is 0.116 e. The molecule has 0 amide bonds. The van der Waals surface area contributed by atoms with Crippen molar-refractivity contribution in [2.45, 2.75) is 0 Å². The molecule has 0 spiro atoms. The Morgan fingerprint density at radius 2 is 1.31 bits per heavy atom. The number of aromatic hydroxyl groups is 1. The van der Waals surface area contributed by atoms with Crippen LogP contribution in [-0.4, -0.2) is 5.11 Å². The molecule has 16 heavy (non-hydrogen) atoms. The van der Waals surface area contributed by atoms with Gasteiger partial charge < -0.3 is 5.11 Å². The highest BCUT2D eigenvalue weighted by molar-refractivity contribution is 6.31. The average molecular weight is 229 g/mol. The fourth-order valence-electron chi connectivity index (χ4n) is 1.96. The van der Waals surface area contributed by atoms with Gasteiger partial charge in [0.05, 0.1) is 0 Å². The lowest BCUT2D eigenvalue weighted by molar-refractivity contribution is 0.476. The maximum atomic E-state index is 9.43. The van der Waals surface area contributed by atoms with Crippen LogP contribution in [-0.2, 0) is 0 Å². The molecule has 1 nitrogen and oxygen atoms in total. The molecule has 0 aliphatic carbocycles. The van der Waals surface area contributed by atoms with Crippen LogP contribution in [0.4, 0.5) is 0 Å². The Balaban J connectivity index is 2.44. The Morgan fingerprint density at radius 1 is 0.688 bits per heavy atom. The summed E-state index contributed by atoms with van der Waals surface area (Å²) >= 11 is 5.96. The highest BCUT2D eigenvalue weighted by atomic mass is 35.5. The summed E-state index contributed by atoms with van der Waals surface area (Å²) in [7, 11) is 0. The first kappa shape index (κ1) is 9.49. The molecule has 0 atom stereocenters. The third-order valence-corrected chi connectivity index (χ3v) is 2.98. The van der Waals surface area contributed by atoms with Gasteiger partial charge in [-0.3, -0.25) is 0 Å². The van der Waals surface area contributed by atoms with Crippen LogP contribution in [0.15, 0.2) is 48.5 Å². The van der Waals surface area contributed by atoms with E-state index in [1.165, 1.54) is 0 Å². The quantitative estimate of drug-likeness (QED) is 0.567. The Morgan fingerprint density at radius 3 is 2.06 bits per heavy atom. The average Bonchev–Trinajstić information content (AvgIpc) is 2.26. The second-order valence-corrected chi connectivity index (χ2v) is 4.31. The number of benzene rings is 3. The summed E-state index contributed by atoms with van der Waals surface area (Å²) < 4.78 is 0. The largest absolute Gasteiger partial charge is 0.508 e. The van der Waals surface area contributed by atoms with Gasteiger partial charge in [-0.15, -0.1) is 0 Å². The van der Waals surface area contributed by atoms with E-state index < -0.39 is 0 Å². The number of hydrogen-bond acceptors (Lipinski definition) is 1. The van der Waals surface area contributed by atoms with Gasteiger partial charge in [-0.1, -0.05) is 23.7 Å². The molecule has 0 aromatic heterocycles. The normalized spacial score (nSPS) is 11.1. The molecule has 0 radical (unpaired) electrons. The van der Waals surface area contributed by atoms with Gasteiger partial charge in [0.2, 0.25) is 0 Å². The van der Waals surface area contributed by atoms with E-state index in [1.807, 2.05) is 24.3 Å². The van der Waals surface area contributed by atoms with Crippen molar-refractivity contribution < 1.29 is 5.11 Å². The second-order valence-electron chi connectivity index (χ2n) is 3.88. The van der Waals surface area contributed by atoms with Gasteiger partial charge in [0, 0.05) is 5.02 Å². The zero-order valence-corrected chi connectivity index (χ0v) is 9.20. The van der Waals surface area contributed by atoms with Crippen LogP contribution < -0.4 is 0 Å². The maximum Gasteiger partial charge on any atom is 0.116 e. The lowest BCUT2D eigenvalue weighted by Crippen LogP contribution is -1.76. The van der Waals surface area contributed by atoms with Crippen molar-refractivity contribution in [3.63, 3.8) is 0 Å². The van der Waals surface area contributed by atoms with Crippen molar-refractivity contribution in [3.8, 4) is 5.75 Å². The first-order valence-corrected chi connectivity index (χ1v) is 5.42. The minimum absolute atomic E-state index is 0.292. The molecule has 3 rings (SSSR count). The van der Waals surface area contributed by atoms with E-state index in [4.69, 9.17) is 11.6 Å². The van der Waals surface area contributed by atoms with Crippen molar-refractivity contribution in [1.82, 2.24) is 0 Å². The van der Waals surface area contributed by atoms with Crippen molar-refractivity contribution in [1.29, 1.82) is 0 Å². The van der Waals surface area contributed by atoms with Crippen LogP contribution in [0.1, 0.15) is 0 Å². The Bertz CT molecular complexity index is 627. The van der Waals surface area contributed by atoms with E-state index >= 15 is 0 Å². The van der Waals surface area contributed by atoms with Gasteiger partial charge >= 0.3 is 0 Å². The Hall–Kier alpha value is -1.73. The molecule has 0 aliphatic rings. The standard InChI is InChI=1S/C14H9ClO/c15-13-3-1-9-6-12-8-14(16)4-2-10(12)5-11(9)7-13/h1-8,16H. The lowest BCUT2D eigenvalue weighted by Gasteiger charge is -2.03. The summed E-state index contributed by atoms with van der Waals surface area (Å²) in [4.78, 5) is 0. The van der Waals surface area contributed by atoms with Gasteiger partial charge in [-0.2, -0.15) is 0 Å². The number of hydrogen-bond donors (Lipinski definition) is 1. The van der Waals surface area contributed by atoms with E-state index in [2.05, 4.69) is 12.1 Å². The SMILES string of the molecule is Oc1ccc2cc3cc(Cl)ccc3cc2c1. The Labute approximate surface area is 97.9 Å². The van der Waals surface area contributed by atoms with Crippen LogP contribution in [0.25, 0.3) is 21.5 Å². The molecule has 2 heteroatoms. The van der Waals surface area contributed by atoms with E-state index in [1.54, 1.807) is 12.1 Å². The summed E-state index contributed by atoms with van der Waals surface area (Å²) in [5.41, 5.74) is 0. The highest BCUT2D eigenvalue weighted by Crippen LogP contribution is 2.27. The predicted octanol–water partition coefficient (Wildman–Crippen LogP) is 4.35. The first-order chi connectivity index (χ1) is 7.72. The highest BCUT2D eigenvalue weighted by Gasteiger charge is 1.99. The van der Waals surface area contributed by atoms with Crippen molar-refractivity contribution in [3.05, 3.63) is 53.6 Å². The van der Waals surface area contributed by atoms with Gasteiger partial charge in [-0.05, 0) is 57.9 Å². The van der Waals surface area contributed by atoms with Crippen LogP contribution in [0.2, 0.25) is 5.02 Å². The third kappa shape index (κ3) is 1.50. The van der Waals surface area contributed by atoms with Crippen molar-refractivity contribution in [2.75, 3.05) is 0 Å². The first-order valence-electron chi connectivity index (χ1n) is 5.04. The molecule has 0 saturated heterocycles. The van der Waals surface area contributed by atoms with Gasteiger partial charge in [0.25, 0.3) is 0 Å². The molecule has 0 unspecified atom stereocenters. The molecule has 3 aromatic carbocycles. The Kier molecular flexibility index (Phi) is 2.01. The number of fused-ring (bicyclic) bond motifs is 2. The second kappa shape index (κ2) is 3.39. The zero-order valence-electron chi connectivity index (χ0n) is 8.44. The number of phenols is 1. The molecule has 0 bridgehead atoms. The number of halogens is 1. The monoisotopic (exact) mass is 228 g/mol. The predicted molar refractivity (Wildman–Crippen MR) is 68.1 cm³/mol. The fraction of sp³-hybridized carbons (Fsp3) is 0. The molecular weight excluding hydrogens is 220 g/mol. The van der Waals surface area contributed by atoms with Crippen LogP contribution in [0, 0.1) is 0 Å². The van der Waals surface area contributed by atoms with Crippen molar-refractivity contribution in [2.24, 2.45) is 0 Å². The summed E-state index contributed by atoms with van der Waals surface area (Å²) in [6.07, 6.45) is 0. The summed E-state index contributed by atoms with van der Waals surface area (Å²) in [5.74, 6) is 0.292. The molecule has 0 aliphatic heterocycles. The maximum absolute atomic E-state index is 9.43. The molecule has 0 heterocycles. The summed E-state index contributed by atoms with van der Waals surface area (Å²) in [6, 6.07) is 15.3. The number of phenolic OH excluding ortho intramolecular Hbond substituents is 1. The molecule has 0 fully saturated rings. The van der Waals surface area contributed by atoms with Gasteiger partial charge in [0.15, 0.2) is 0 Å². The van der Waals surface area contributed by atoms with Crippen LogP contribution in [0.5, 0.6) is 5.75 Å².